The maximum absolute atomic E-state index is 13.2. The van der Waals surface area contributed by atoms with Crippen molar-refractivity contribution in [2.45, 2.75) is 30.4 Å². The normalized spacial score (nSPS) is 31.6. The van der Waals surface area contributed by atoms with Crippen LogP contribution in [0.1, 0.15) is 12.8 Å². The van der Waals surface area contributed by atoms with Crippen molar-refractivity contribution < 1.29 is 22.8 Å². The molecule has 8 heteroatoms. The predicted octanol–water partition coefficient (Wildman–Crippen LogP) is 3.31. The molecule has 0 spiro atoms. The molecule has 2 fully saturated rings. The number of fused-ring (bicyclic) bond motifs is 1. The van der Waals surface area contributed by atoms with Crippen LogP contribution < -0.4 is 10.2 Å². The number of hydrogen-bond donors (Lipinski definition) is 1. The van der Waals surface area contributed by atoms with Crippen LogP contribution in [0.25, 0.3) is 0 Å². The van der Waals surface area contributed by atoms with E-state index in [9.17, 15) is 22.8 Å². The molecule has 4 atom stereocenters. The number of anilines is 1. The molecule has 3 rings (SSSR count). The van der Waals surface area contributed by atoms with Crippen molar-refractivity contribution in [2.75, 3.05) is 4.90 Å². The minimum absolute atomic E-state index is 0.0422. The van der Waals surface area contributed by atoms with Crippen molar-refractivity contribution in [1.29, 1.82) is 0 Å². The van der Waals surface area contributed by atoms with Crippen LogP contribution in [-0.2, 0) is 4.79 Å². The van der Waals surface area contributed by atoms with Gasteiger partial charge in [0, 0.05) is 5.69 Å². The van der Waals surface area contributed by atoms with Gasteiger partial charge in [0.2, 0.25) is 5.91 Å². The van der Waals surface area contributed by atoms with Gasteiger partial charge < -0.3 is 0 Å². The Hall–Kier alpha value is -1.76. The molecule has 1 aliphatic heterocycles. The van der Waals surface area contributed by atoms with Gasteiger partial charge in [-0.3, -0.25) is 15.0 Å². The summed E-state index contributed by atoms with van der Waals surface area (Å²) in [7, 11) is 0. The molecule has 1 saturated heterocycles. The number of carbonyl (C=O) groups excluding carboxylic acids is 2. The van der Waals surface area contributed by atoms with Gasteiger partial charge in [0.15, 0.2) is 0 Å². The molecular weight excluding hydrogens is 333 g/mol. The number of amides is 3. The molecule has 0 aromatic heterocycles. The molecule has 1 aliphatic carbocycles. The number of imide groups is 1. The smallest absolute Gasteiger partial charge is 0.289 e. The van der Waals surface area contributed by atoms with Crippen molar-refractivity contribution in [3.63, 3.8) is 0 Å². The first-order chi connectivity index (χ1) is 10.8. The highest BCUT2D eigenvalue weighted by Crippen LogP contribution is 2.46. The maximum atomic E-state index is 13.2. The van der Waals surface area contributed by atoms with Crippen LogP contribution in [0.3, 0.4) is 0 Å². The van der Waals surface area contributed by atoms with E-state index in [4.69, 9.17) is 11.6 Å². The maximum Gasteiger partial charge on any atom is 0.393 e. The van der Waals surface area contributed by atoms with Crippen LogP contribution in [-0.4, -0.2) is 29.5 Å². The zero-order valence-electron chi connectivity index (χ0n) is 11.9. The number of halogens is 4. The molecule has 0 bridgehead atoms. The predicted molar refractivity (Wildman–Crippen MR) is 78.2 cm³/mol. The fourth-order valence-electron chi connectivity index (χ4n) is 3.37. The Bertz CT molecular complexity index is 623. The first-order valence-electron chi connectivity index (χ1n) is 7.20. The molecule has 1 aromatic rings. The molecule has 0 radical (unpaired) electrons. The summed E-state index contributed by atoms with van der Waals surface area (Å²) >= 11 is 6.12. The Morgan fingerprint density at radius 3 is 2.39 bits per heavy atom. The number of nitrogens with one attached hydrogen (secondary N) is 1. The summed E-state index contributed by atoms with van der Waals surface area (Å²) in [5.41, 5.74) is 0.418. The molecule has 23 heavy (non-hydrogen) atoms. The van der Waals surface area contributed by atoms with Gasteiger partial charge in [-0.15, -0.1) is 11.6 Å². The van der Waals surface area contributed by atoms with Crippen LogP contribution in [0.2, 0.25) is 0 Å². The molecule has 1 heterocycles. The highest BCUT2D eigenvalue weighted by Gasteiger charge is 2.56. The third kappa shape index (κ3) is 2.78. The summed E-state index contributed by atoms with van der Waals surface area (Å²) in [5.74, 6) is -3.04. The van der Waals surface area contributed by atoms with Gasteiger partial charge in [0.25, 0.3) is 0 Å². The minimum atomic E-state index is -4.46. The Labute approximate surface area is 135 Å². The van der Waals surface area contributed by atoms with E-state index in [0.717, 1.165) is 0 Å². The number of alkyl halides is 4. The van der Waals surface area contributed by atoms with Gasteiger partial charge in [-0.1, -0.05) is 18.2 Å². The molecule has 124 valence electrons. The average molecular weight is 347 g/mol. The van der Waals surface area contributed by atoms with Crippen LogP contribution in [0, 0.1) is 11.8 Å². The molecule has 2 aliphatic rings. The Kier molecular flexibility index (Phi) is 4.00. The number of urea groups is 1. The van der Waals surface area contributed by atoms with Crippen molar-refractivity contribution in [2.24, 2.45) is 11.8 Å². The fraction of sp³-hybridized carbons (Fsp3) is 0.467. The Morgan fingerprint density at radius 1 is 1.13 bits per heavy atom. The molecule has 3 amide bonds. The van der Waals surface area contributed by atoms with Crippen LogP contribution in [0.15, 0.2) is 30.3 Å². The number of carbonyl (C=O) groups is 2. The largest absolute Gasteiger partial charge is 0.393 e. The van der Waals surface area contributed by atoms with E-state index in [1.807, 2.05) is 0 Å². The summed E-state index contributed by atoms with van der Waals surface area (Å²) in [6, 6.07) is 6.52. The Balaban J connectivity index is 2.01. The monoisotopic (exact) mass is 346 g/mol. The van der Waals surface area contributed by atoms with Crippen molar-refractivity contribution in [1.82, 2.24) is 5.32 Å². The second-order valence-electron chi connectivity index (χ2n) is 5.77. The highest BCUT2D eigenvalue weighted by molar-refractivity contribution is 6.23. The van der Waals surface area contributed by atoms with E-state index in [0.29, 0.717) is 5.69 Å². The lowest BCUT2D eigenvalue weighted by atomic mass is 9.75. The van der Waals surface area contributed by atoms with Gasteiger partial charge >= 0.3 is 12.2 Å². The first-order valence-corrected chi connectivity index (χ1v) is 7.64. The quantitative estimate of drug-likeness (QED) is 0.793. The van der Waals surface area contributed by atoms with Crippen LogP contribution in [0.4, 0.5) is 23.7 Å². The molecule has 4 nitrogen and oxygen atoms in total. The summed E-state index contributed by atoms with van der Waals surface area (Å²) in [6.07, 6.45) is -4.64. The summed E-state index contributed by atoms with van der Waals surface area (Å²) < 4.78 is 39.6. The van der Waals surface area contributed by atoms with Gasteiger partial charge in [0.05, 0.1) is 23.3 Å². The minimum Gasteiger partial charge on any atom is -0.289 e. The molecule has 1 saturated carbocycles. The summed E-state index contributed by atoms with van der Waals surface area (Å²) in [5, 5.41) is 0.838. The molecular formula is C15H14ClF3N2O2. The van der Waals surface area contributed by atoms with E-state index in [2.05, 4.69) is 5.32 Å². The zero-order chi connectivity index (χ0) is 16.8. The zero-order valence-corrected chi connectivity index (χ0v) is 12.6. The van der Waals surface area contributed by atoms with Gasteiger partial charge in [0.1, 0.15) is 0 Å². The standard InChI is InChI=1S/C15H14ClF3N2O2/c16-11-10(15(17,18)19)7-6-9-12(11)21(14(23)20-13(9)22)8-4-2-1-3-5-8/h1-5,9-12H,6-7H2,(H,20,22,23). The number of hydrogen-bond acceptors (Lipinski definition) is 2. The van der Waals surface area contributed by atoms with E-state index in [1.54, 1.807) is 30.3 Å². The second-order valence-corrected chi connectivity index (χ2v) is 6.27. The van der Waals surface area contributed by atoms with Gasteiger partial charge in [-0.25, -0.2) is 4.79 Å². The number of rotatable bonds is 1. The van der Waals surface area contributed by atoms with Gasteiger partial charge in [-0.2, -0.15) is 13.2 Å². The first kappa shape index (κ1) is 16.1. The van der Waals surface area contributed by atoms with Crippen molar-refractivity contribution in [3.8, 4) is 0 Å². The number of nitrogens with zero attached hydrogens (tertiary/aromatic N) is 1. The SMILES string of the molecule is O=C1NC(=O)N(c2ccccc2)C2C1CCC(C(F)(F)F)C2Cl. The number of para-hydroxylation sites is 1. The van der Waals surface area contributed by atoms with E-state index >= 15 is 0 Å². The average Bonchev–Trinajstić information content (AvgIpc) is 2.48. The Morgan fingerprint density at radius 2 is 1.78 bits per heavy atom. The van der Waals surface area contributed by atoms with E-state index in [-0.39, 0.29) is 12.8 Å². The topological polar surface area (TPSA) is 49.4 Å². The number of benzene rings is 1. The lowest BCUT2D eigenvalue weighted by Crippen LogP contribution is -2.66. The lowest BCUT2D eigenvalue weighted by molar-refractivity contribution is -0.185. The van der Waals surface area contributed by atoms with Gasteiger partial charge in [-0.05, 0) is 25.0 Å². The molecule has 1 aromatic carbocycles. The van der Waals surface area contributed by atoms with Crippen LogP contribution in [0.5, 0.6) is 0 Å². The van der Waals surface area contributed by atoms with E-state index < -0.39 is 41.4 Å². The fourth-order valence-corrected chi connectivity index (χ4v) is 3.93. The van der Waals surface area contributed by atoms with Crippen molar-refractivity contribution >= 4 is 29.2 Å². The van der Waals surface area contributed by atoms with Crippen molar-refractivity contribution in [3.05, 3.63) is 30.3 Å². The molecule has 1 N–H and O–H groups in total. The van der Waals surface area contributed by atoms with E-state index in [1.165, 1.54) is 4.90 Å². The third-order valence-corrected chi connectivity index (χ3v) is 5.01. The van der Waals surface area contributed by atoms with Crippen LogP contribution >= 0.6 is 11.6 Å². The lowest BCUT2D eigenvalue weighted by Gasteiger charge is -2.47. The summed E-state index contributed by atoms with van der Waals surface area (Å²) in [4.78, 5) is 25.4. The highest BCUT2D eigenvalue weighted by atomic mass is 35.5. The third-order valence-electron chi connectivity index (χ3n) is 4.45. The summed E-state index contributed by atoms with van der Waals surface area (Å²) in [6.45, 7) is 0. The second kappa shape index (κ2) is 5.70. The molecule has 4 unspecified atom stereocenters.